The Kier molecular flexibility index (Phi) is 4.82. The normalized spacial score (nSPS) is 24.1. The second kappa shape index (κ2) is 7.21. The molecule has 24 heavy (non-hydrogen) atoms. The number of carbonyl (C=O) groups is 1. The van der Waals surface area contributed by atoms with Crippen LogP contribution in [0.15, 0.2) is 28.4 Å². The van der Waals surface area contributed by atoms with Crippen LogP contribution in [0.25, 0.3) is 0 Å². The summed E-state index contributed by atoms with van der Waals surface area (Å²) in [4.78, 5) is 22.8. The molecule has 0 saturated carbocycles. The third-order valence-electron chi connectivity index (χ3n) is 4.91. The van der Waals surface area contributed by atoms with Crippen LogP contribution in [0.4, 0.5) is 4.79 Å². The van der Waals surface area contributed by atoms with Gasteiger partial charge in [0.25, 0.3) is 0 Å². The van der Waals surface area contributed by atoms with Crippen molar-refractivity contribution in [2.45, 2.75) is 32.0 Å². The van der Waals surface area contributed by atoms with E-state index in [9.17, 15) is 4.79 Å². The van der Waals surface area contributed by atoms with Crippen molar-refractivity contribution in [3.8, 4) is 0 Å². The van der Waals surface area contributed by atoms with Gasteiger partial charge in [-0.05, 0) is 30.2 Å². The van der Waals surface area contributed by atoms with E-state index in [2.05, 4.69) is 31.5 Å². The minimum Gasteiger partial charge on any atom is -0.333 e. The van der Waals surface area contributed by atoms with Gasteiger partial charge in [0.05, 0.1) is 17.7 Å². The molecule has 5 heterocycles. The lowest BCUT2D eigenvalue weighted by Crippen LogP contribution is -2.51. The maximum absolute atomic E-state index is 12.6. The van der Waals surface area contributed by atoms with Gasteiger partial charge in [-0.3, -0.25) is 4.90 Å². The number of fused-ring (bicyclic) bond motifs is 4. The molecule has 3 fully saturated rings. The van der Waals surface area contributed by atoms with Crippen molar-refractivity contribution in [2.75, 3.05) is 19.6 Å². The summed E-state index contributed by atoms with van der Waals surface area (Å²) in [6.07, 6.45) is 2.34. The van der Waals surface area contributed by atoms with Crippen molar-refractivity contribution in [1.29, 1.82) is 0 Å². The molecule has 3 aliphatic rings. The lowest BCUT2D eigenvalue weighted by molar-refractivity contribution is 0.140. The first-order valence-electron chi connectivity index (χ1n) is 8.44. The Morgan fingerprint density at radius 2 is 2.29 bits per heavy atom. The molecule has 5 rings (SSSR count). The summed E-state index contributed by atoms with van der Waals surface area (Å²) in [5, 5.41) is 7.27. The van der Waals surface area contributed by atoms with Gasteiger partial charge in [0.1, 0.15) is 0 Å². The van der Waals surface area contributed by atoms with Gasteiger partial charge in [0, 0.05) is 42.5 Å². The quantitative estimate of drug-likeness (QED) is 0.909. The molecule has 2 bridgehead atoms. The average molecular weight is 363 g/mol. The van der Waals surface area contributed by atoms with E-state index in [0.29, 0.717) is 18.5 Å². The lowest BCUT2D eigenvalue weighted by atomic mass is 9.95. The number of amides is 2. The third-order valence-corrected chi connectivity index (χ3v) is 6.42. The highest BCUT2D eigenvalue weighted by Crippen LogP contribution is 2.28. The molecule has 0 spiro atoms. The molecule has 1 N–H and O–H groups in total. The van der Waals surface area contributed by atoms with Crippen molar-refractivity contribution in [3.05, 3.63) is 39.0 Å². The summed E-state index contributed by atoms with van der Waals surface area (Å²) >= 11 is 3.34. The second-order valence-electron chi connectivity index (χ2n) is 6.66. The smallest absolute Gasteiger partial charge is 0.317 e. The minimum atomic E-state index is 0.0913. The SMILES string of the molecule is O=C(NCc1cccs1)N1C[C@H]2CC[C@@H]1CN(Cc1cscn1)C2. The van der Waals surface area contributed by atoms with Crippen LogP contribution in [0, 0.1) is 5.92 Å². The molecule has 2 aromatic rings. The second-order valence-corrected chi connectivity index (χ2v) is 8.41. The van der Waals surface area contributed by atoms with Crippen LogP contribution < -0.4 is 5.32 Å². The number of hydrogen-bond acceptors (Lipinski definition) is 5. The lowest BCUT2D eigenvalue weighted by Gasteiger charge is -2.36. The van der Waals surface area contributed by atoms with Crippen molar-refractivity contribution in [1.82, 2.24) is 20.1 Å². The zero-order chi connectivity index (χ0) is 16.4. The van der Waals surface area contributed by atoms with Crippen LogP contribution in [-0.4, -0.2) is 46.5 Å². The standard InChI is InChI=1S/C17H22N4OS2/c22-17(18-6-16-2-1-5-24-16)21-8-13-3-4-15(21)10-20(7-13)9-14-11-23-12-19-14/h1-2,5,11-13,15H,3-4,6-10H2,(H,18,22)/t13-,15+/m0/s1. The number of aromatic nitrogens is 1. The van der Waals surface area contributed by atoms with E-state index in [-0.39, 0.29) is 6.03 Å². The summed E-state index contributed by atoms with van der Waals surface area (Å²) in [7, 11) is 0. The predicted octanol–water partition coefficient (Wildman–Crippen LogP) is 3.01. The highest BCUT2D eigenvalue weighted by Gasteiger charge is 2.37. The Bertz CT molecular complexity index is 658. The molecule has 2 aromatic heterocycles. The number of urea groups is 1. The molecule has 128 valence electrons. The minimum absolute atomic E-state index is 0.0913. The molecule has 2 amide bonds. The van der Waals surface area contributed by atoms with Crippen molar-refractivity contribution < 1.29 is 4.79 Å². The fourth-order valence-corrected chi connectivity index (χ4v) is 4.97. The summed E-state index contributed by atoms with van der Waals surface area (Å²) in [6.45, 7) is 4.45. The Balaban J connectivity index is 1.38. The summed E-state index contributed by atoms with van der Waals surface area (Å²) in [6, 6.07) is 4.50. The van der Waals surface area contributed by atoms with Crippen LogP contribution in [0.1, 0.15) is 23.4 Å². The van der Waals surface area contributed by atoms with E-state index in [4.69, 9.17) is 0 Å². The summed E-state index contributed by atoms with van der Waals surface area (Å²) in [5.41, 5.74) is 3.04. The molecule has 0 unspecified atom stereocenters. The van der Waals surface area contributed by atoms with Crippen LogP contribution in [0.2, 0.25) is 0 Å². The topological polar surface area (TPSA) is 48.5 Å². The molecule has 5 nitrogen and oxygen atoms in total. The van der Waals surface area contributed by atoms with Crippen LogP contribution in [0.5, 0.6) is 0 Å². The Morgan fingerprint density at radius 1 is 1.33 bits per heavy atom. The number of thiazole rings is 1. The van der Waals surface area contributed by atoms with Gasteiger partial charge < -0.3 is 10.2 Å². The molecular formula is C17H22N4OS2. The summed E-state index contributed by atoms with van der Waals surface area (Å²) < 4.78 is 0. The Labute approximate surface area is 150 Å². The van der Waals surface area contributed by atoms with E-state index in [1.165, 1.54) is 11.3 Å². The molecule has 2 atom stereocenters. The predicted molar refractivity (Wildman–Crippen MR) is 97.2 cm³/mol. The largest absolute Gasteiger partial charge is 0.333 e. The van der Waals surface area contributed by atoms with E-state index in [0.717, 1.165) is 38.3 Å². The van der Waals surface area contributed by atoms with Crippen LogP contribution in [-0.2, 0) is 13.1 Å². The number of nitrogens with zero attached hydrogens (tertiary/aromatic N) is 3. The zero-order valence-corrected chi connectivity index (χ0v) is 15.2. The van der Waals surface area contributed by atoms with Crippen LogP contribution >= 0.6 is 22.7 Å². The number of rotatable bonds is 4. The van der Waals surface area contributed by atoms with Crippen molar-refractivity contribution in [3.63, 3.8) is 0 Å². The van der Waals surface area contributed by atoms with Gasteiger partial charge in [0.2, 0.25) is 0 Å². The van der Waals surface area contributed by atoms with E-state index >= 15 is 0 Å². The first-order valence-corrected chi connectivity index (χ1v) is 10.3. The molecule has 3 saturated heterocycles. The fraction of sp³-hybridized carbons (Fsp3) is 0.529. The molecule has 7 heteroatoms. The van der Waals surface area contributed by atoms with Gasteiger partial charge in [-0.15, -0.1) is 22.7 Å². The highest BCUT2D eigenvalue weighted by atomic mass is 32.1. The number of hydrogen-bond donors (Lipinski definition) is 1. The Morgan fingerprint density at radius 3 is 3.08 bits per heavy atom. The van der Waals surface area contributed by atoms with Gasteiger partial charge in [-0.25, -0.2) is 9.78 Å². The van der Waals surface area contributed by atoms with Gasteiger partial charge in [-0.2, -0.15) is 0 Å². The highest BCUT2D eigenvalue weighted by molar-refractivity contribution is 7.09. The maximum Gasteiger partial charge on any atom is 0.317 e. The van der Waals surface area contributed by atoms with Crippen LogP contribution in [0.3, 0.4) is 0 Å². The van der Waals surface area contributed by atoms with Gasteiger partial charge >= 0.3 is 6.03 Å². The molecule has 3 aliphatic heterocycles. The molecule has 0 aromatic carbocycles. The van der Waals surface area contributed by atoms with Crippen molar-refractivity contribution in [2.24, 2.45) is 5.92 Å². The van der Waals surface area contributed by atoms with E-state index in [1.807, 2.05) is 17.0 Å². The summed E-state index contributed by atoms with van der Waals surface area (Å²) in [5.74, 6) is 0.579. The van der Waals surface area contributed by atoms with Crippen molar-refractivity contribution >= 4 is 28.7 Å². The number of piperidine rings is 1. The number of carbonyl (C=O) groups excluding carboxylic acids is 1. The number of thiophene rings is 1. The van der Waals surface area contributed by atoms with E-state index < -0.39 is 0 Å². The monoisotopic (exact) mass is 362 g/mol. The van der Waals surface area contributed by atoms with E-state index in [1.54, 1.807) is 22.7 Å². The number of nitrogens with one attached hydrogen (secondary N) is 1. The van der Waals surface area contributed by atoms with Gasteiger partial charge in [0.15, 0.2) is 0 Å². The molecule has 0 radical (unpaired) electrons. The molecule has 0 aliphatic carbocycles. The maximum atomic E-state index is 12.6. The first-order chi connectivity index (χ1) is 11.8. The fourth-order valence-electron chi connectivity index (χ4n) is 3.78. The first kappa shape index (κ1) is 16.1. The van der Waals surface area contributed by atoms with Gasteiger partial charge in [-0.1, -0.05) is 6.07 Å². The molecular weight excluding hydrogens is 340 g/mol. The third kappa shape index (κ3) is 3.63. The average Bonchev–Trinajstić information content (AvgIpc) is 3.21. The zero-order valence-electron chi connectivity index (χ0n) is 13.6. The Hall–Kier alpha value is -1.44.